The third kappa shape index (κ3) is 4.28. The first kappa shape index (κ1) is 14.5. The van der Waals surface area contributed by atoms with E-state index in [0.29, 0.717) is 17.5 Å². The Morgan fingerprint density at radius 3 is 2.29 bits per heavy atom. The van der Waals surface area contributed by atoms with Crippen molar-refractivity contribution in [2.75, 3.05) is 11.9 Å². The number of hydrogen-bond acceptors (Lipinski definition) is 4. The first-order valence-electron chi connectivity index (χ1n) is 6.26. The van der Waals surface area contributed by atoms with Crippen LogP contribution in [0.4, 0.5) is 5.69 Å². The van der Waals surface area contributed by atoms with Crippen LogP contribution in [0.3, 0.4) is 0 Å². The Balaban J connectivity index is 1.85. The van der Waals surface area contributed by atoms with Crippen molar-refractivity contribution in [3.63, 3.8) is 0 Å². The monoisotopic (exact) mass is 283 g/mol. The molecule has 0 saturated heterocycles. The van der Waals surface area contributed by atoms with Crippen molar-refractivity contribution in [3.8, 4) is 0 Å². The van der Waals surface area contributed by atoms with Crippen LogP contribution in [0, 0.1) is 0 Å². The van der Waals surface area contributed by atoms with Gasteiger partial charge >= 0.3 is 5.97 Å². The van der Waals surface area contributed by atoms with Crippen LogP contribution in [0.15, 0.2) is 54.6 Å². The summed E-state index contributed by atoms with van der Waals surface area (Å²) in [5.41, 5.74) is 1.38. The summed E-state index contributed by atoms with van der Waals surface area (Å²) < 4.78 is 4.90. The van der Waals surface area contributed by atoms with Gasteiger partial charge in [-0.1, -0.05) is 30.3 Å². The average Bonchev–Trinajstić information content (AvgIpc) is 2.53. The highest BCUT2D eigenvalue weighted by molar-refractivity contribution is 5.95. The summed E-state index contributed by atoms with van der Waals surface area (Å²) in [5, 5.41) is 2.60. The van der Waals surface area contributed by atoms with Gasteiger partial charge in [-0.2, -0.15) is 0 Å². The van der Waals surface area contributed by atoms with Gasteiger partial charge in [0.25, 0.3) is 5.91 Å². The predicted octanol–water partition coefficient (Wildman–Crippen LogP) is 2.29. The van der Waals surface area contributed by atoms with E-state index in [1.807, 2.05) is 6.07 Å². The third-order valence-corrected chi connectivity index (χ3v) is 2.67. The maximum Gasteiger partial charge on any atom is 0.338 e. The van der Waals surface area contributed by atoms with Crippen LogP contribution in [-0.2, 0) is 9.53 Å². The largest absolute Gasteiger partial charge is 0.452 e. The summed E-state index contributed by atoms with van der Waals surface area (Å²) in [7, 11) is 0. The van der Waals surface area contributed by atoms with E-state index >= 15 is 0 Å². The molecule has 0 heterocycles. The normalized spacial score (nSPS) is 9.71. The zero-order valence-corrected chi connectivity index (χ0v) is 11.1. The van der Waals surface area contributed by atoms with Gasteiger partial charge in [-0.15, -0.1) is 0 Å². The molecule has 1 amide bonds. The number of aldehydes is 1. The van der Waals surface area contributed by atoms with Gasteiger partial charge < -0.3 is 10.1 Å². The van der Waals surface area contributed by atoms with Gasteiger partial charge in [0.05, 0.1) is 5.56 Å². The fourth-order valence-electron chi connectivity index (χ4n) is 1.63. The Hall–Kier alpha value is -2.95. The van der Waals surface area contributed by atoms with Gasteiger partial charge in [0.1, 0.15) is 6.29 Å². The second-order valence-corrected chi connectivity index (χ2v) is 4.23. The molecule has 0 aliphatic rings. The van der Waals surface area contributed by atoms with Gasteiger partial charge in [0.2, 0.25) is 0 Å². The smallest absolute Gasteiger partial charge is 0.338 e. The first-order valence-corrected chi connectivity index (χ1v) is 6.26. The van der Waals surface area contributed by atoms with Crippen molar-refractivity contribution in [2.24, 2.45) is 0 Å². The number of ether oxygens (including phenoxy) is 1. The molecule has 0 aliphatic carbocycles. The van der Waals surface area contributed by atoms with Gasteiger partial charge in [-0.05, 0) is 24.3 Å². The number of rotatable bonds is 5. The van der Waals surface area contributed by atoms with E-state index in [9.17, 15) is 14.4 Å². The summed E-state index contributed by atoms with van der Waals surface area (Å²) in [6.45, 7) is -0.372. The molecule has 0 aliphatic heterocycles. The molecular weight excluding hydrogens is 270 g/mol. The van der Waals surface area contributed by atoms with Gasteiger partial charge in [-0.25, -0.2) is 4.79 Å². The van der Waals surface area contributed by atoms with Crippen molar-refractivity contribution in [2.45, 2.75) is 0 Å². The van der Waals surface area contributed by atoms with E-state index in [1.165, 1.54) is 24.3 Å². The van der Waals surface area contributed by atoms with E-state index in [2.05, 4.69) is 5.32 Å². The van der Waals surface area contributed by atoms with Crippen LogP contribution in [0.2, 0.25) is 0 Å². The summed E-state index contributed by atoms with van der Waals surface area (Å²) in [6.07, 6.45) is 0.683. The van der Waals surface area contributed by atoms with Crippen LogP contribution >= 0.6 is 0 Å². The molecule has 21 heavy (non-hydrogen) atoms. The lowest BCUT2D eigenvalue weighted by Gasteiger charge is -2.06. The fraction of sp³-hybridized carbons (Fsp3) is 0.0625. The SMILES string of the molecule is O=Cc1ccc(C(=O)OCC(=O)Nc2ccccc2)cc1. The lowest BCUT2D eigenvalue weighted by molar-refractivity contribution is -0.119. The molecule has 5 nitrogen and oxygen atoms in total. The molecule has 1 N–H and O–H groups in total. The first-order chi connectivity index (χ1) is 10.2. The number of anilines is 1. The summed E-state index contributed by atoms with van der Waals surface area (Å²) in [6, 6.07) is 14.8. The Kier molecular flexibility index (Phi) is 4.82. The van der Waals surface area contributed by atoms with Crippen LogP contribution in [0.5, 0.6) is 0 Å². The van der Waals surface area contributed by atoms with E-state index in [4.69, 9.17) is 4.74 Å². The molecule has 0 fully saturated rings. The Labute approximate surface area is 121 Å². The van der Waals surface area contributed by atoms with Crippen molar-refractivity contribution in [1.29, 1.82) is 0 Å². The number of benzene rings is 2. The number of esters is 1. The van der Waals surface area contributed by atoms with Crippen molar-refractivity contribution < 1.29 is 19.1 Å². The molecule has 2 rings (SSSR count). The molecule has 0 unspecified atom stereocenters. The quantitative estimate of drug-likeness (QED) is 0.675. The lowest BCUT2D eigenvalue weighted by atomic mass is 10.1. The predicted molar refractivity (Wildman–Crippen MR) is 77.2 cm³/mol. The fourth-order valence-corrected chi connectivity index (χ4v) is 1.63. The highest BCUT2D eigenvalue weighted by Crippen LogP contribution is 2.06. The van der Waals surface area contributed by atoms with Gasteiger partial charge in [0, 0.05) is 11.3 Å². The van der Waals surface area contributed by atoms with E-state index in [0.717, 1.165) is 0 Å². The molecule has 0 atom stereocenters. The van der Waals surface area contributed by atoms with Crippen molar-refractivity contribution >= 4 is 23.9 Å². The number of hydrogen-bond donors (Lipinski definition) is 1. The molecule has 0 spiro atoms. The number of para-hydroxylation sites is 1. The topological polar surface area (TPSA) is 72.5 Å². The average molecular weight is 283 g/mol. The van der Waals surface area contributed by atoms with E-state index in [1.54, 1.807) is 24.3 Å². The number of nitrogens with one attached hydrogen (secondary N) is 1. The molecule has 0 aromatic heterocycles. The minimum atomic E-state index is -0.615. The zero-order chi connectivity index (χ0) is 15.1. The number of carbonyl (C=O) groups excluding carboxylic acids is 3. The Bertz CT molecular complexity index is 635. The van der Waals surface area contributed by atoms with Gasteiger partial charge in [-0.3, -0.25) is 9.59 Å². The molecule has 2 aromatic carbocycles. The highest BCUT2D eigenvalue weighted by Gasteiger charge is 2.10. The van der Waals surface area contributed by atoms with Crippen LogP contribution in [0.1, 0.15) is 20.7 Å². The second-order valence-electron chi connectivity index (χ2n) is 4.23. The minimum absolute atomic E-state index is 0.285. The van der Waals surface area contributed by atoms with Crippen LogP contribution in [0.25, 0.3) is 0 Å². The number of amides is 1. The summed E-state index contributed by atoms with van der Waals surface area (Å²) in [5.74, 6) is -1.03. The summed E-state index contributed by atoms with van der Waals surface area (Å²) in [4.78, 5) is 33.8. The third-order valence-electron chi connectivity index (χ3n) is 2.67. The number of carbonyl (C=O) groups is 3. The molecule has 0 radical (unpaired) electrons. The molecule has 5 heteroatoms. The van der Waals surface area contributed by atoms with Crippen molar-refractivity contribution in [3.05, 3.63) is 65.7 Å². The van der Waals surface area contributed by atoms with Crippen molar-refractivity contribution in [1.82, 2.24) is 0 Å². The van der Waals surface area contributed by atoms with Crippen LogP contribution < -0.4 is 5.32 Å². The second kappa shape index (κ2) is 7.00. The standard InChI is InChI=1S/C16H13NO4/c18-10-12-6-8-13(9-7-12)16(20)21-11-15(19)17-14-4-2-1-3-5-14/h1-10H,11H2,(H,17,19). The maximum atomic E-state index is 11.7. The summed E-state index contributed by atoms with van der Waals surface area (Å²) >= 11 is 0. The molecule has 106 valence electrons. The highest BCUT2D eigenvalue weighted by atomic mass is 16.5. The molecule has 2 aromatic rings. The Morgan fingerprint density at radius 2 is 1.67 bits per heavy atom. The lowest BCUT2D eigenvalue weighted by Crippen LogP contribution is -2.20. The van der Waals surface area contributed by atoms with E-state index < -0.39 is 11.9 Å². The maximum absolute atomic E-state index is 11.7. The van der Waals surface area contributed by atoms with Crippen LogP contribution in [-0.4, -0.2) is 24.8 Å². The zero-order valence-electron chi connectivity index (χ0n) is 11.1. The molecule has 0 bridgehead atoms. The minimum Gasteiger partial charge on any atom is -0.452 e. The Morgan fingerprint density at radius 1 is 1.00 bits per heavy atom. The van der Waals surface area contributed by atoms with E-state index in [-0.39, 0.29) is 12.2 Å². The van der Waals surface area contributed by atoms with Gasteiger partial charge in [0.15, 0.2) is 6.61 Å². The molecule has 0 saturated carbocycles. The molecular formula is C16H13NO4.